The fourth-order valence-corrected chi connectivity index (χ4v) is 2.05. The van der Waals surface area contributed by atoms with Gasteiger partial charge >= 0.3 is 0 Å². The Morgan fingerprint density at radius 2 is 2.36 bits per heavy atom. The molecule has 1 saturated carbocycles. The van der Waals surface area contributed by atoms with Gasteiger partial charge in [0.2, 0.25) is 0 Å². The molecule has 0 unspecified atom stereocenters. The molecule has 0 aliphatic heterocycles. The van der Waals surface area contributed by atoms with Crippen LogP contribution >= 0.6 is 0 Å². The average molecular weight is 195 g/mol. The smallest absolute Gasteiger partial charge is 0.146 e. The lowest BCUT2D eigenvalue weighted by Gasteiger charge is -2.35. The van der Waals surface area contributed by atoms with Crippen molar-refractivity contribution in [3.63, 3.8) is 0 Å². The minimum atomic E-state index is 0.429. The minimum Gasteiger partial charge on any atom is -0.358 e. The Labute approximate surface area is 83.9 Å². The largest absolute Gasteiger partial charge is 0.358 e. The molecule has 1 heterocycles. The Balaban J connectivity index is 1.90. The van der Waals surface area contributed by atoms with Crippen molar-refractivity contribution in [1.82, 2.24) is 15.0 Å². The van der Waals surface area contributed by atoms with Crippen LogP contribution in [0.2, 0.25) is 0 Å². The van der Waals surface area contributed by atoms with Crippen molar-refractivity contribution in [2.75, 3.05) is 18.5 Å². The van der Waals surface area contributed by atoms with Crippen molar-refractivity contribution in [3.8, 4) is 0 Å². The molecule has 1 aliphatic rings. The van der Waals surface area contributed by atoms with E-state index in [4.69, 9.17) is 5.73 Å². The molecule has 0 radical (unpaired) electrons. The molecule has 5 nitrogen and oxygen atoms in total. The molecule has 1 fully saturated rings. The summed E-state index contributed by atoms with van der Waals surface area (Å²) in [6.45, 7) is 1.05. The van der Waals surface area contributed by atoms with Crippen LogP contribution in [0.5, 0.6) is 0 Å². The Bertz CT molecular complexity index is 302. The SMILES string of the molecule is CN(CC1CC(N)C1)c1cnnn1C. The van der Waals surface area contributed by atoms with E-state index in [0.717, 1.165) is 31.1 Å². The summed E-state index contributed by atoms with van der Waals surface area (Å²) in [5, 5.41) is 7.76. The highest BCUT2D eigenvalue weighted by Crippen LogP contribution is 2.27. The lowest BCUT2D eigenvalue weighted by atomic mass is 9.81. The highest BCUT2D eigenvalue weighted by Gasteiger charge is 2.27. The van der Waals surface area contributed by atoms with Crippen molar-refractivity contribution >= 4 is 5.82 Å². The number of hydrogen-bond acceptors (Lipinski definition) is 4. The second-order valence-corrected chi connectivity index (χ2v) is 4.19. The summed E-state index contributed by atoms with van der Waals surface area (Å²) in [5.74, 6) is 1.80. The molecule has 0 amide bonds. The second-order valence-electron chi connectivity index (χ2n) is 4.19. The summed E-state index contributed by atoms with van der Waals surface area (Å²) in [5.41, 5.74) is 5.74. The summed E-state index contributed by atoms with van der Waals surface area (Å²) < 4.78 is 1.79. The molecule has 0 saturated heterocycles. The molecule has 0 atom stereocenters. The van der Waals surface area contributed by atoms with Crippen molar-refractivity contribution in [2.24, 2.45) is 18.7 Å². The number of nitrogens with zero attached hydrogens (tertiary/aromatic N) is 4. The predicted octanol–water partition coefficient (Wildman–Crippen LogP) is -0.0114. The maximum atomic E-state index is 5.74. The van der Waals surface area contributed by atoms with Gasteiger partial charge in [0.15, 0.2) is 0 Å². The van der Waals surface area contributed by atoms with Gasteiger partial charge in [0.05, 0.1) is 6.20 Å². The molecule has 1 aromatic rings. The summed E-state index contributed by atoms with van der Waals surface area (Å²) in [4.78, 5) is 2.19. The Kier molecular flexibility index (Phi) is 2.41. The Morgan fingerprint density at radius 3 is 2.86 bits per heavy atom. The van der Waals surface area contributed by atoms with E-state index >= 15 is 0 Å². The van der Waals surface area contributed by atoms with Crippen LogP contribution in [0.1, 0.15) is 12.8 Å². The van der Waals surface area contributed by atoms with Crippen LogP contribution in [0.25, 0.3) is 0 Å². The molecule has 0 aromatic carbocycles. The van der Waals surface area contributed by atoms with Crippen LogP contribution in [-0.2, 0) is 7.05 Å². The topological polar surface area (TPSA) is 60.0 Å². The third-order valence-corrected chi connectivity index (χ3v) is 2.89. The lowest BCUT2D eigenvalue weighted by Crippen LogP contribution is -2.42. The van der Waals surface area contributed by atoms with Crippen LogP contribution in [0, 0.1) is 5.92 Å². The number of nitrogens with two attached hydrogens (primary N) is 1. The Morgan fingerprint density at radius 1 is 1.64 bits per heavy atom. The maximum absolute atomic E-state index is 5.74. The first-order chi connectivity index (χ1) is 6.66. The zero-order chi connectivity index (χ0) is 10.1. The van der Waals surface area contributed by atoms with Gasteiger partial charge in [-0.15, -0.1) is 5.10 Å². The fourth-order valence-electron chi connectivity index (χ4n) is 2.05. The van der Waals surface area contributed by atoms with E-state index < -0.39 is 0 Å². The third kappa shape index (κ3) is 1.72. The standard InChI is InChI=1S/C9H17N5/c1-13(6-7-3-8(10)4-7)9-5-11-12-14(9)2/h5,7-8H,3-4,6,10H2,1-2H3. The van der Waals surface area contributed by atoms with E-state index in [0.29, 0.717) is 6.04 Å². The summed E-state index contributed by atoms with van der Waals surface area (Å²) in [6, 6.07) is 0.429. The van der Waals surface area contributed by atoms with Gasteiger partial charge in [-0.3, -0.25) is 0 Å². The predicted molar refractivity (Wildman–Crippen MR) is 55.0 cm³/mol. The third-order valence-electron chi connectivity index (χ3n) is 2.89. The summed E-state index contributed by atoms with van der Waals surface area (Å²) >= 11 is 0. The number of aryl methyl sites for hydroxylation is 1. The molecule has 1 aliphatic carbocycles. The quantitative estimate of drug-likeness (QED) is 0.737. The van der Waals surface area contributed by atoms with Gasteiger partial charge in [0.25, 0.3) is 0 Å². The van der Waals surface area contributed by atoms with Crippen LogP contribution < -0.4 is 10.6 Å². The molecule has 1 aromatic heterocycles. The van der Waals surface area contributed by atoms with Crippen LogP contribution in [0.15, 0.2) is 6.20 Å². The van der Waals surface area contributed by atoms with Gasteiger partial charge in [0.1, 0.15) is 5.82 Å². The minimum absolute atomic E-state index is 0.429. The van der Waals surface area contributed by atoms with E-state index in [9.17, 15) is 0 Å². The van der Waals surface area contributed by atoms with Crippen molar-refractivity contribution < 1.29 is 0 Å². The Hall–Kier alpha value is -1.10. The molecule has 14 heavy (non-hydrogen) atoms. The molecule has 0 spiro atoms. The lowest BCUT2D eigenvalue weighted by molar-refractivity contribution is 0.270. The zero-order valence-electron chi connectivity index (χ0n) is 8.72. The number of aromatic nitrogens is 3. The van der Waals surface area contributed by atoms with Gasteiger partial charge in [-0.1, -0.05) is 5.21 Å². The van der Waals surface area contributed by atoms with Crippen molar-refractivity contribution in [1.29, 1.82) is 0 Å². The zero-order valence-corrected chi connectivity index (χ0v) is 8.72. The van der Waals surface area contributed by atoms with Gasteiger partial charge < -0.3 is 10.6 Å². The summed E-state index contributed by atoms with van der Waals surface area (Å²) in [7, 11) is 3.98. The monoisotopic (exact) mass is 195 g/mol. The van der Waals surface area contributed by atoms with E-state index in [2.05, 4.69) is 22.3 Å². The van der Waals surface area contributed by atoms with E-state index in [-0.39, 0.29) is 0 Å². The van der Waals surface area contributed by atoms with Crippen LogP contribution in [0.3, 0.4) is 0 Å². The van der Waals surface area contributed by atoms with Gasteiger partial charge in [-0.05, 0) is 18.8 Å². The molecule has 2 rings (SSSR count). The molecular weight excluding hydrogens is 178 g/mol. The van der Waals surface area contributed by atoms with Crippen LogP contribution in [0.4, 0.5) is 5.82 Å². The van der Waals surface area contributed by atoms with Crippen LogP contribution in [-0.4, -0.2) is 34.6 Å². The van der Waals surface area contributed by atoms with Gasteiger partial charge in [0, 0.05) is 26.7 Å². The molecule has 2 N–H and O–H groups in total. The number of hydrogen-bond donors (Lipinski definition) is 1. The van der Waals surface area contributed by atoms with Crippen molar-refractivity contribution in [3.05, 3.63) is 6.20 Å². The average Bonchev–Trinajstić information content (AvgIpc) is 2.48. The van der Waals surface area contributed by atoms with Gasteiger partial charge in [-0.25, -0.2) is 4.68 Å². The first-order valence-corrected chi connectivity index (χ1v) is 4.98. The molecule has 78 valence electrons. The fraction of sp³-hybridized carbons (Fsp3) is 0.778. The number of rotatable bonds is 3. The molecular formula is C9H17N5. The molecule has 0 bridgehead atoms. The maximum Gasteiger partial charge on any atom is 0.146 e. The first-order valence-electron chi connectivity index (χ1n) is 4.98. The second kappa shape index (κ2) is 3.57. The normalized spacial score (nSPS) is 25.9. The van der Waals surface area contributed by atoms with E-state index in [1.165, 1.54) is 0 Å². The van der Waals surface area contributed by atoms with Crippen molar-refractivity contribution in [2.45, 2.75) is 18.9 Å². The van der Waals surface area contributed by atoms with E-state index in [1.807, 2.05) is 7.05 Å². The highest BCUT2D eigenvalue weighted by molar-refractivity contribution is 5.34. The molecule has 5 heteroatoms. The number of anilines is 1. The van der Waals surface area contributed by atoms with E-state index in [1.54, 1.807) is 10.9 Å². The highest BCUT2D eigenvalue weighted by atomic mass is 15.5. The first kappa shape index (κ1) is 9.45. The summed E-state index contributed by atoms with van der Waals surface area (Å²) in [6.07, 6.45) is 4.09. The van der Waals surface area contributed by atoms with Gasteiger partial charge in [-0.2, -0.15) is 0 Å².